The highest BCUT2D eigenvalue weighted by Crippen LogP contribution is 2.18. The van der Waals surface area contributed by atoms with Gasteiger partial charge in [0.25, 0.3) is 5.91 Å². The molecule has 0 saturated heterocycles. The van der Waals surface area contributed by atoms with E-state index >= 15 is 0 Å². The summed E-state index contributed by atoms with van der Waals surface area (Å²) in [7, 11) is 3.82. The molecule has 0 aliphatic heterocycles. The van der Waals surface area contributed by atoms with Crippen LogP contribution in [0.2, 0.25) is 0 Å². The third kappa shape index (κ3) is 4.71. The molecule has 7 heteroatoms. The molecule has 138 valence electrons. The van der Waals surface area contributed by atoms with E-state index in [0.29, 0.717) is 17.9 Å². The molecular formula is C20H20FN5O. The molecule has 6 nitrogen and oxygen atoms in total. The van der Waals surface area contributed by atoms with Crippen LogP contribution >= 0.6 is 0 Å². The van der Waals surface area contributed by atoms with Gasteiger partial charge in [-0.25, -0.2) is 14.4 Å². The highest BCUT2D eigenvalue weighted by Gasteiger charge is 2.16. The summed E-state index contributed by atoms with van der Waals surface area (Å²) < 4.78 is 13.1. The Kier molecular flexibility index (Phi) is 5.83. The summed E-state index contributed by atoms with van der Waals surface area (Å²) in [6.07, 6.45) is 6.33. The number of nitrogens with one attached hydrogen (secondary N) is 1. The van der Waals surface area contributed by atoms with E-state index in [2.05, 4.69) is 20.3 Å². The van der Waals surface area contributed by atoms with Gasteiger partial charge in [-0.15, -0.1) is 0 Å². The second-order valence-corrected chi connectivity index (χ2v) is 6.28. The maximum Gasteiger partial charge on any atom is 0.254 e. The van der Waals surface area contributed by atoms with Crippen molar-refractivity contribution in [3.8, 4) is 11.4 Å². The van der Waals surface area contributed by atoms with Gasteiger partial charge in [-0.1, -0.05) is 12.1 Å². The molecule has 0 spiro atoms. The van der Waals surface area contributed by atoms with Gasteiger partial charge in [-0.3, -0.25) is 9.78 Å². The van der Waals surface area contributed by atoms with Gasteiger partial charge in [0.05, 0.1) is 11.6 Å². The first-order valence-corrected chi connectivity index (χ1v) is 8.47. The number of pyridine rings is 1. The average molecular weight is 365 g/mol. The summed E-state index contributed by atoms with van der Waals surface area (Å²) >= 11 is 0. The Morgan fingerprint density at radius 2 is 1.81 bits per heavy atom. The normalized spacial score (nSPS) is 12.0. The molecule has 1 atom stereocenters. The molecule has 1 unspecified atom stereocenters. The van der Waals surface area contributed by atoms with Crippen LogP contribution in [-0.4, -0.2) is 46.4 Å². The van der Waals surface area contributed by atoms with Crippen LogP contribution in [0.3, 0.4) is 0 Å². The fraction of sp³-hybridized carbons (Fsp3) is 0.200. The van der Waals surface area contributed by atoms with Gasteiger partial charge in [0.15, 0.2) is 5.82 Å². The molecule has 1 N–H and O–H groups in total. The number of likely N-dealkylation sites (N-methyl/N-ethyl adjacent to an activating group) is 1. The fourth-order valence-electron chi connectivity index (χ4n) is 2.66. The van der Waals surface area contributed by atoms with Crippen molar-refractivity contribution >= 4 is 5.91 Å². The van der Waals surface area contributed by atoms with E-state index in [1.165, 1.54) is 24.5 Å². The van der Waals surface area contributed by atoms with Crippen LogP contribution in [0.4, 0.5) is 4.39 Å². The molecule has 3 aromatic rings. The quantitative estimate of drug-likeness (QED) is 0.727. The number of hydrogen-bond donors (Lipinski definition) is 1. The summed E-state index contributed by atoms with van der Waals surface area (Å²) in [6, 6.07) is 9.85. The Hall–Kier alpha value is -3.19. The van der Waals surface area contributed by atoms with Crippen LogP contribution in [0.15, 0.2) is 61.2 Å². The Morgan fingerprint density at radius 3 is 2.41 bits per heavy atom. The number of aromatic nitrogens is 3. The molecule has 0 aliphatic carbocycles. The van der Waals surface area contributed by atoms with E-state index in [0.717, 1.165) is 11.1 Å². The first-order chi connectivity index (χ1) is 13.0. The largest absolute Gasteiger partial charge is 0.350 e. The number of benzene rings is 1. The van der Waals surface area contributed by atoms with Crippen LogP contribution in [0.1, 0.15) is 22.0 Å². The molecule has 0 bridgehead atoms. The summed E-state index contributed by atoms with van der Waals surface area (Å²) in [5.41, 5.74) is 2.08. The van der Waals surface area contributed by atoms with E-state index in [-0.39, 0.29) is 17.8 Å². The number of carbonyl (C=O) groups excluding carboxylic acids is 1. The van der Waals surface area contributed by atoms with Crippen LogP contribution in [0, 0.1) is 5.82 Å². The SMILES string of the molecule is CN(C)C(CNC(=O)c1cnc(-c2cccnc2)nc1)c1ccc(F)cc1. The molecule has 1 amide bonds. The van der Waals surface area contributed by atoms with E-state index in [9.17, 15) is 9.18 Å². The second-order valence-electron chi connectivity index (χ2n) is 6.28. The topological polar surface area (TPSA) is 71.0 Å². The van der Waals surface area contributed by atoms with Crippen molar-refractivity contribution in [3.05, 3.63) is 78.1 Å². The smallest absolute Gasteiger partial charge is 0.254 e. The minimum absolute atomic E-state index is 0.0786. The van der Waals surface area contributed by atoms with Gasteiger partial charge >= 0.3 is 0 Å². The molecular weight excluding hydrogens is 345 g/mol. The molecule has 0 aliphatic rings. The van der Waals surface area contributed by atoms with Crippen molar-refractivity contribution < 1.29 is 9.18 Å². The molecule has 27 heavy (non-hydrogen) atoms. The Labute approximate surface area is 157 Å². The summed E-state index contributed by atoms with van der Waals surface area (Å²) in [6.45, 7) is 0.377. The molecule has 0 fully saturated rings. The van der Waals surface area contributed by atoms with Crippen molar-refractivity contribution in [3.63, 3.8) is 0 Å². The Bertz CT molecular complexity index is 883. The third-order valence-corrected chi connectivity index (χ3v) is 4.17. The zero-order valence-electron chi connectivity index (χ0n) is 15.1. The Balaban J connectivity index is 1.66. The zero-order valence-corrected chi connectivity index (χ0v) is 15.1. The lowest BCUT2D eigenvalue weighted by Gasteiger charge is -2.25. The number of hydrogen-bond acceptors (Lipinski definition) is 5. The molecule has 2 heterocycles. The fourth-order valence-corrected chi connectivity index (χ4v) is 2.66. The van der Waals surface area contributed by atoms with E-state index < -0.39 is 0 Å². The molecule has 1 aromatic carbocycles. The average Bonchev–Trinajstić information content (AvgIpc) is 2.70. The second kappa shape index (κ2) is 8.46. The highest BCUT2D eigenvalue weighted by molar-refractivity contribution is 5.93. The minimum Gasteiger partial charge on any atom is -0.350 e. The standard InChI is InChI=1S/C20H20FN5O/c1-26(2)18(14-5-7-17(21)8-6-14)13-25-20(27)16-11-23-19(24-12-16)15-4-3-9-22-10-15/h3-12,18H,13H2,1-2H3,(H,25,27). The first-order valence-electron chi connectivity index (χ1n) is 8.47. The molecule has 0 radical (unpaired) electrons. The number of rotatable bonds is 6. The van der Waals surface area contributed by atoms with Crippen LogP contribution in [0.5, 0.6) is 0 Å². The van der Waals surface area contributed by atoms with Crippen LogP contribution < -0.4 is 5.32 Å². The summed E-state index contributed by atoms with van der Waals surface area (Å²) in [5.74, 6) is -0.0371. The minimum atomic E-state index is -0.286. The van der Waals surface area contributed by atoms with E-state index in [1.54, 1.807) is 30.6 Å². The Morgan fingerprint density at radius 1 is 1.11 bits per heavy atom. The monoisotopic (exact) mass is 365 g/mol. The zero-order chi connectivity index (χ0) is 19.2. The maximum atomic E-state index is 13.1. The predicted octanol–water partition coefficient (Wildman–Crippen LogP) is 2.71. The first kappa shape index (κ1) is 18.6. The molecule has 2 aromatic heterocycles. The van der Waals surface area contributed by atoms with Crippen molar-refractivity contribution in [1.29, 1.82) is 0 Å². The van der Waals surface area contributed by atoms with Gasteiger partial charge < -0.3 is 10.2 Å². The summed E-state index contributed by atoms with van der Waals surface area (Å²) in [5, 5.41) is 2.89. The van der Waals surface area contributed by atoms with Crippen LogP contribution in [-0.2, 0) is 0 Å². The van der Waals surface area contributed by atoms with Gasteiger partial charge in [-0.05, 0) is 43.9 Å². The van der Waals surface area contributed by atoms with Crippen molar-refractivity contribution in [2.75, 3.05) is 20.6 Å². The molecule has 0 saturated carbocycles. The number of amides is 1. The van der Waals surface area contributed by atoms with Gasteiger partial charge in [0.1, 0.15) is 5.82 Å². The highest BCUT2D eigenvalue weighted by atomic mass is 19.1. The van der Waals surface area contributed by atoms with Gasteiger partial charge in [0.2, 0.25) is 0 Å². The lowest BCUT2D eigenvalue weighted by molar-refractivity contribution is 0.0941. The lowest BCUT2D eigenvalue weighted by Crippen LogP contribution is -2.34. The van der Waals surface area contributed by atoms with E-state index in [4.69, 9.17) is 0 Å². The third-order valence-electron chi connectivity index (χ3n) is 4.17. The summed E-state index contributed by atoms with van der Waals surface area (Å²) in [4.78, 5) is 26.9. The van der Waals surface area contributed by atoms with Gasteiger partial charge in [0, 0.05) is 36.9 Å². The number of carbonyl (C=O) groups is 1. The number of nitrogens with zero attached hydrogens (tertiary/aromatic N) is 4. The van der Waals surface area contributed by atoms with Crippen molar-refractivity contribution in [2.45, 2.75) is 6.04 Å². The number of halogens is 1. The molecule has 3 rings (SSSR count). The van der Waals surface area contributed by atoms with Crippen LogP contribution in [0.25, 0.3) is 11.4 Å². The lowest BCUT2D eigenvalue weighted by atomic mass is 10.1. The van der Waals surface area contributed by atoms with Crippen molar-refractivity contribution in [1.82, 2.24) is 25.2 Å². The maximum absolute atomic E-state index is 13.1. The van der Waals surface area contributed by atoms with E-state index in [1.807, 2.05) is 25.1 Å². The van der Waals surface area contributed by atoms with Gasteiger partial charge in [-0.2, -0.15) is 0 Å². The predicted molar refractivity (Wildman–Crippen MR) is 100 cm³/mol. The van der Waals surface area contributed by atoms with Crippen molar-refractivity contribution in [2.24, 2.45) is 0 Å².